The average molecular weight is 303 g/mol. The van der Waals surface area contributed by atoms with Crippen molar-refractivity contribution < 1.29 is 4.79 Å². The number of halogens is 1. The number of pyridine rings is 1. The van der Waals surface area contributed by atoms with Gasteiger partial charge in [-0.15, -0.1) is 0 Å². The Morgan fingerprint density at radius 3 is 2.86 bits per heavy atom. The lowest BCUT2D eigenvalue weighted by Gasteiger charge is -2.38. The maximum atomic E-state index is 12.9. The van der Waals surface area contributed by atoms with Crippen molar-refractivity contribution in [2.24, 2.45) is 5.41 Å². The number of amides is 1. The van der Waals surface area contributed by atoms with Crippen molar-refractivity contribution in [3.63, 3.8) is 0 Å². The number of carbonyl (C=O) groups is 1. The monoisotopic (exact) mass is 302 g/mol. The van der Waals surface area contributed by atoms with Gasteiger partial charge in [-0.2, -0.15) is 0 Å². The van der Waals surface area contributed by atoms with Crippen LogP contribution in [0.15, 0.2) is 30.3 Å². The number of likely N-dealkylation sites (tertiary alicyclic amines) is 1. The van der Waals surface area contributed by atoms with Crippen molar-refractivity contribution in [3.05, 3.63) is 41.0 Å². The van der Waals surface area contributed by atoms with Crippen LogP contribution in [-0.2, 0) is 0 Å². The van der Waals surface area contributed by atoms with Crippen LogP contribution in [-0.4, -0.2) is 28.9 Å². The first kappa shape index (κ1) is 14.3. The number of hydrogen-bond acceptors (Lipinski definition) is 2. The van der Waals surface area contributed by atoms with Gasteiger partial charge in [0.25, 0.3) is 5.91 Å². The quantitative estimate of drug-likeness (QED) is 0.741. The Hall–Kier alpha value is -1.61. The Labute approximate surface area is 129 Å². The van der Waals surface area contributed by atoms with Gasteiger partial charge in [0.2, 0.25) is 0 Å². The van der Waals surface area contributed by atoms with E-state index < -0.39 is 0 Å². The van der Waals surface area contributed by atoms with Crippen LogP contribution in [0.1, 0.15) is 37.0 Å². The van der Waals surface area contributed by atoms with Gasteiger partial charge in [-0.3, -0.25) is 4.79 Å². The summed E-state index contributed by atoms with van der Waals surface area (Å²) in [6.07, 6.45) is 2.21. The van der Waals surface area contributed by atoms with Gasteiger partial charge < -0.3 is 4.90 Å². The molecule has 2 heterocycles. The first-order valence-electron chi connectivity index (χ1n) is 7.31. The maximum absolute atomic E-state index is 12.9. The third-order valence-corrected chi connectivity index (χ3v) is 4.30. The Bertz CT molecular complexity index is 696. The molecule has 0 bridgehead atoms. The summed E-state index contributed by atoms with van der Waals surface area (Å²) in [5, 5.41) is 1.24. The van der Waals surface area contributed by atoms with Crippen LogP contribution in [0, 0.1) is 5.41 Å². The lowest BCUT2D eigenvalue weighted by Crippen LogP contribution is -2.43. The molecule has 0 atom stereocenters. The third-order valence-electron chi connectivity index (χ3n) is 4.10. The first-order chi connectivity index (χ1) is 9.96. The Morgan fingerprint density at radius 1 is 1.33 bits per heavy atom. The minimum absolute atomic E-state index is 0.0586. The predicted octanol–water partition coefficient (Wildman–Crippen LogP) is 4.15. The summed E-state index contributed by atoms with van der Waals surface area (Å²) in [6.45, 7) is 6.03. The molecule has 0 unspecified atom stereocenters. The van der Waals surface area contributed by atoms with Gasteiger partial charge in [0, 0.05) is 18.5 Å². The van der Waals surface area contributed by atoms with Gasteiger partial charge in [0.1, 0.15) is 5.15 Å². The second-order valence-corrected chi connectivity index (χ2v) is 6.89. The fraction of sp³-hybridized carbons (Fsp3) is 0.412. The highest BCUT2D eigenvalue weighted by atomic mass is 35.5. The molecule has 1 saturated heterocycles. The van der Waals surface area contributed by atoms with E-state index in [2.05, 4.69) is 18.8 Å². The van der Waals surface area contributed by atoms with E-state index in [1.54, 1.807) is 6.07 Å². The highest BCUT2D eigenvalue weighted by Gasteiger charge is 2.30. The molecular weight excluding hydrogens is 284 g/mol. The zero-order chi connectivity index (χ0) is 15.0. The van der Waals surface area contributed by atoms with Crippen molar-refractivity contribution >= 4 is 28.4 Å². The molecule has 1 aromatic heterocycles. The zero-order valence-electron chi connectivity index (χ0n) is 12.4. The molecule has 4 heteroatoms. The lowest BCUT2D eigenvalue weighted by atomic mass is 9.84. The fourth-order valence-electron chi connectivity index (χ4n) is 3.09. The van der Waals surface area contributed by atoms with Crippen molar-refractivity contribution in [2.75, 3.05) is 13.1 Å². The molecule has 1 aliphatic heterocycles. The number of fused-ring (bicyclic) bond motifs is 1. The number of carbonyl (C=O) groups excluding carboxylic acids is 1. The molecule has 0 radical (unpaired) electrons. The van der Waals surface area contributed by atoms with E-state index >= 15 is 0 Å². The van der Waals surface area contributed by atoms with E-state index in [-0.39, 0.29) is 11.3 Å². The van der Waals surface area contributed by atoms with Gasteiger partial charge >= 0.3 is 0 Å². The molecule has 1 fully saturated rings. The SMILES string of the molecule is CC1(C)CCCN(C(=O)c2cc(Cl)nc3ccccc23)C1. The molecule has 2 aromatic rings. The predicted molar refractivity (Wildman–Crippen MR) is 85.7 cm³/mol. The molecule has 0 aliphatic carbocycles. The van der Waals surface area contributed by atoms with Gasteiger partial charge in [-0.05, 0) is 30.4 Å². The van der Waals surface area contributed by atoms with Crippen LogP contribution in [0.5, 0.6) is 0 Å². The summed E-state index contributed by atoms with van der Waals surface area (Å²) in [5.41, 5.74) is 1.61. The minimum atomic E-state index is 0.0586. The van der Waals surface area contributed by atoms with Crippen molar-refractivity contribution in [1.82, 2.24) is 9.88 Å². The van der Waals surface area contributed by atoms with Crippen molar-refractivity contribution in [3.8, 4) is 0 Å². The number of para-hydroxylation sites is 1. The van der Waals surface area contributed by atoms with E-state index in [0.29, 0.717) is 10.7 Å². The average Bonchev–Trinajstić information content (AvgIpc) is 2.44. The van der Waals surface area contributed by atoms with Crippen molar-refractivity contribution in [1.29, 1.82) is 0 Å². The summed E-state index contributed by atoms with van der Waals surface area (Å²) in [7, 11) is 0. The Balaban J connectivity index is 2.02. The molecule has 110 valence electrons. The van der Waals surface area contributed by atoms with Crippen molar-refractivity contribution in [2.45, 2.75) is 26.7 Å². The second kappa shape index (κ2) is 5.30. The Kier molecular flexibility index (Phi) is 3.62. The molecule has 1 amide bonds. The smallest absolute Gasteiger partial charge is 0.254 e. The van der Waals surface area contributed by atoms with Crippen LogP contribution in [0.2, 0.25) is 5.15 Å². The van der Waals surface area contributed by atoms with Crippen LogP contribution in [0.25, 0.3) is 10.9 Å². The number of piperidine rings is 1. The Morgan fingerprint density at radius 2 is 2.10 bits per heavy atom. The third kappa shape index (κ3) is 2.88. The van der Waals surface area contributed by atoms with E-state index in [1.807, 2.05) is 29.2 Å². The number of rotatable bonds is 1. The highest BCUT2D eigenvalue weighted by Crippen LogP contribution is 2.30. The standard InChI is InChI=1S/C17H19ClN2O/c1-17(2)8-5-9-20(11-17)16(21)13-10-15(18)19-14-7-4-3-6-12(13)14/h3-4,6-7,10H,5,8-9,11H2,1-2H3. The van der Waals surface area contributed by atoms with E-state index in [9.17, 15) is 4.79 Å². The molecule has 0 spiro atoms. The van der Waals surface area contributed by atoms with Crippen LogP contribution < -0.4 is 0 Å². The summed E-state index contributed by atoms with van der Waals surface area (Å²) < 4.78 is 0. The first-order valence-corrected chi connectivity index (χ1v) is 7.69. The minimum Gasteiger partial charge on any atom is -0.338 e. The lowest BCUT2D eigenvalue weighted by molar-refractivity contribution is 0.0585. The summed E-state index contributed by atoms with van der Waals surface area (Å²) in [6, 6.07) is 9.34. The van der Waals surface area contributed by atoms with Crippen LogP contribution in [0.3, 0.4) is 0 Å². The largest absolute Gasteiger partial charge is 0.338 e. The number of benzene rings is 1. The zero-order valence-corrected chi connectivity index (χ0v) is 13.2. The number of nitrogens with zero attached hydrogens (tertiary/aromatic N) is 2. The molecule has 1 aromatic carbocycles. The van der Waals surface area contributed by atoms with Gasteiger partial charge in [-0.25, -0.2) is 4.98 Å². The van der Waals surface area contributed by atoms with Crippen LogP contribution in [0.4, 0.5) is 0 Å². The molecule has 3 rings (SSSR count). The van der Waals surface area contributed by atoms with Gasteiger partial charge in [0.15, 0.2) is 0 Å². The molecule has 3 nitrogen and oxygen atoms in total. The van der Waals surface area contributed by atoms with Gasteiger partial charge in [-0.1, -0.05) is 43.6 Å². The van der Waals surface area contributed by atoms with E-state index in [1.165, 1.54) is 0 Å². The molecule has 0 N–H and O–H groups in total. The number of hydrogen-bond donors (Lipinski definition) is 0. The number of aromatic nitrogens is 1. The molecular formula is C17H19ClN2O. The highest BCUT2D eigenvalue weighted by molar-refractivity contribution is 6.30. The topological polar surface area (TPSA) is 33.2 Å². The van der Waals surface area contributed by atoms with E-state index in [4.69, 9.17) is 11.6 Å². The summed E-state index contributed by atoms with van der Waals surface area (Å²) in [5.74, 6) is 0.0586. The normalized spacial score (nSPS) is 18.0. The summed E-state index contributed by atoms with van der Waals surface area (Å²) >= 11 is 6.08. The fourth-order valence-corrected chi connectivity index (χ4v) is 3.29. The van der Waals surface area contributed by atoms with Gasteiger partial charge in [0.05, 0.1) is 11.1 Å². The molecule has 1 aliphatic rings. The van der Waals surface area contributed by atoms with Crippen LogP contribution >= 0.6 is 11.6 Å². The summed E-state index contributed by atoms with van der Waals surface area (Å²) in [4.78, 5) is 19.1. The second-order valence-electron chi connectivity index (χ2n) is 6.50. The maximum Gasteiger partial charge on any atom is 0.254 e. The van der Waals surface area contributed by atoms with E-state index in [0.717, 1.165) is 36.8 Å². The molecule has 0 saturated carbocycles. The molecule has 21 heavy (non-hydrogen) atoms.